The molecule has 5 rings (SSSR count). The zero-order valence-electron chi connectivity index (χ0n) is 23.2. The minimum Gasteiger partial charge on any atom is -0.461 e. The number of carbonyl (C=O) groups excluding carboxylic acids is 1. The Bertz CT molecular complexity index is 1270. The lowest BCUT2D eigenvalue weighted by Crippen LogP contribution is -2.31. The molecule has 12 heteroatoms. The van der Waals surface area contributed by atoms with Crippen LogP contribution in [-0.4, -0.2) is 59.1 Å². The Labute approximate surface area is 235 Å². The highest BCUT2D eigenvalue weighted by Gasteiger charge is 2.31. The number of aromatic nitrogens is 3. The molecule has 0 aliphatic carbocycles. The first-order chi connectivity index (χ1) is 19.3. The average molecular weight is 572 g/mol. The van der Waals surface area contributed by atoms with Crippen molar-refractivity contribution in [1.29, 1.82) is 0 Å². The maximum atomic E-state index is 12.5. The van der Waals surface area contributed by atoms with Crippen LogP contribution in [0.1, 0.15) is 63.8 Å². The Hall–Kier alpha value is -2.82. The summed E-state index contributed by atoms with van der Waals surface area (Å²) in [5.74, 6) is 0.749. The molecule has 11 nitrogen and oxygen atoms in total. The fraction of sp³-hybridized carbons (Fsp3) is 0.536. The number of fused-ring (bicyclic) bond motifs is 1. The Morgan fingerprint density at radius 1 is 1.12 bits per heavy atom. The second kappa shape index (κ2) is 12.8. The van der Waals surface area contributed by atoms with E-state index in [9.17, 15) is 4.79 Å². The molecule has 2 saturated heterocycles. The van der Waals surface area contributed by atoms with Gasteiger partial charge in [0, 0.05) is 12.8 Å². The van der Waals surface area contributed by atoms with E-state index in [1.54, 1.807) is 4.52 Å². The fourth-order valence-electron chi connectivity index (χ4n) is 4.78. The lowest BCUT2D eigenvalue weighted by atomic mass is 9.87. The van der Waals surface area contributed by atoms with Gasteiger partial charge in [0.1, 0.15) is 36.3 Å². The van der Waals surface area contributed by atoms with Crippen molar-refractivity contribution >= 4 is 25.8 Å². The molecule has 2 aliphatic rings. The molecule has 0 saturated carbocycles. The van der Waals surface area contributed by atoms with E-state index in [-0.39, 0.29) is 36.2 Å². The van der Waals surface area contributed by atoms with Gasteiger partial charge in [0.25, 0.3) is 0 Å². The third-order valence-electron chi connectivity index (χ3n) is 7.05. The summed E-state index contributed by atoms with van der Waals surface area (Å²) in [5.41, 5.74) is 8.90. The lowest BCUT2D eigenvalue weighted by molar-refractivity contribution is -0.151. The molecule has 0 radical (unpaired) electrons. The Kier molecular flexibility index (Phi) is 9.17. The Morgan fingerprint density at radius 2 is 1.90 bits per heavy atom. The fourth-order valence-corrected chi connectivity index (χ4v) is 5.86. The van der Waals surface area contributed by atoms with E-state index in [1.807, 2.05) is 36.4 Å². The summed E-state index contributed by atoms with van der Waals surface area (Å²) < 4.78 is 31.4. The maximum absolute atomic E-state index is 12.5. The molecule has 216 valence electrons. The number of nitrogens with one attached hydrogen (secondary N) is 1. The van der Waals surface area contributed by atoms with E-state index in [2.05, 4.69) is 35.9 Å². The molecule has 4 heterocycles. The summed E-state index contributed by atoms with van der Waals surface area (Å²) >= 11 is 0. The van der Waals surface area contributed by atoms with Crippen LogP contribution in [0.25, 0.3) is 5.52 Å². The van der Waals surface area contributed by atoms with Crippen molar-refractivity contribution in [1.82, 2.24) is 19.7 Å². The standard InChI is InChI=1S/C28H38N5O6P/c1-28(2,3)19-4-6-21(7-5-19)39-40(32-16-26(34)38-20-12-14-35-15-13-20)36-17-22-8-11-25(37-22)23-9-10-24-27(29)30-18-31-33(23)24/h4-7,9-10,18,20,22,25,32H,8,11-17H2,1-3H3,(H2,29,30,31). The number of nitrogens with zero attached hydrogens (tertiary/aromatic N) is 3. The summed E-state index contributed by atoms with van der Waals surface area (Å²) in [5, 5.41) is 7.45. The molecule has 3 aromatic rings. The molecule has 3 unspecified atom stereocenters. The van der Waals surface area contributed by atoms with Crippen LogP contribution < -0.4 is 15.3 Å². The number of esters is 1. The summed E-state index contributed by atoms with van der Waals surface area (Å²) in [7, 11) is -1.64. The van der Waals surface area contributed by atoms with Gasteiger partial charge < -0.3 is 29.0 Å². The molecule has 1 aromatic carbocycles. The van der Waals surface area contributed by atoms with Gasteiger partial charge in [0.2, 0.25) is 0 Å². The summed E-state index contributed by atoms with van der Waals surface area (Å²) in [6, 6.07) is 11.8. The number of hydrogen-bond acceptors (Lipinski definition) is 10. The van der Waals surface area contributed by atoms with Gasteiger partial charge in [-0.1, -0.05) is 32.9 Å². The van der Waals surface area contributed by atoms with E-state index in [0.717, 1.165) is 24.1 Å². The van der Waals surface area contributed by atoms with E-state index in [1.165, 1.54) is 11.9 Å². The average Bonchev–Trinajstić information content (AvgIpc) is 3.58. The molecule has 2 fully saturated rings. The molecular formula is C28H38N5O6P. The van der Waals surface area contributed by atoms with Crippen molar-refractivity contribution < 1.29 is 28.1 Å². The second-order valence-corrected chi connectivity index (χ2v) is 12.4. The van der Waals surface area contributed by atoms with Crippen LogP contribution in [0.5, 0.6) is 5.75 Å². The van der Waals surface area contributed by atoms with Crippen molar-refractivity contribution in [2.75, 3.05) is 32.1 Å². The molecule has 0 bridgehead atoms. The summed E-state index contributed by atoms with van der Waals surface area (Å²) in [6.07, 6.45) is 4.12. The second-order valence-electron chi connectivity index (χ2n) is 11.1. The van der Waals surface area contributed by atoms with E-state index < -0.39 is 8.53 Å². The molecule has 40 heavy (non-hydrogen) atoms. The number of nitrogens with two attached hydrogens (primary N) is 1. The highest BCUT2D eigenvalue weighted by Crippen LogP contribution is 2.39. The topological polar surface area (TPSA) is 131 Å². The number of carbonyl (C=O) groups is 1. The normalized spacial score (nSPS) is 21.0. The third-order valence-corrected chi connectivity index (χ3v) is 8.23. The van der Waals surface area contributed by atoms with Crippen LogP contribution in [0, 0.1) is 0 Å². The third kappa shape index (κ3) is 7.27. The number of hydrogen-bond donors (Lipinski definition) is 2. The highest BCUT2D eigenvalue weighted by molar-refractivity contribution is 7.45. The predicted octanol–water partition coefficient (Wildman–Crippen LogP) is 4.46. The first-order valence-electron chi connectivity index (χ1n) is 13.7. The Morgan fingerprint density at radius 3 is 2.65 bits per heavy atom. The molecular weight excluding hydrogens is 533 g/mol. The minimum atomic E-state index is -1.64. The smallest absolute Gasteiger partial charge is 0.320 e. The zero-order valence-corrected chi connectivity index (χ0v) is 24.1. The number of rotatable bonds is 10. The molecule has 0 amide bonds. The number of ether oxygens (including phenoxy) is 3. The lowest BCUT2D eigenvalue weighted by Gasteiger charge is -2.24. The predicted molar refractivity (Wildman–Crippen MR) is 151 cm³/mol. The number of anilines is 1. The van der Waals surface area contributed by atoms with Gasteiger partial charge in [-0.25, -0.2) is 14.6 Å². The van der Waals surface area contributed by atoms with Gasteiger partial charge in [-0.2, -0.15) is 5.10 Å². The van der Waals surface area contributed by atoms with Gasteiger partial charge in [0.15, 0.2) is 5.82 Å². The van der Waals surface area contributed by atoms with E-state index in [0.29, 0.717) is 44.2 Å². The minimum absolute atomic E-state index is 0.0193. The molecule has 0 spiro atoms. The van der Waals surface area contributed by atoms with E-state index >= 15 is 0 Å². The SMILES string of the molecule is CC(C)(C)c1ccc(OP(NCC(=O)OC2CCOCC2)OCC2CCC(c3ccc4c(N)ncnn34)O2)cc1. The van der Waals surface area contributed by atoms with Crippen LogP contribution in [0.4, 0.5) is 5.82 Å². The summed E-state index contributed by atoms with van der Waals surface area (Å²) in [6.45, 7) is 8.00. The monoisotopic (exact) mass is 571 g/mol. The number of nitrogen functional groups attached to an aromatic ring is 1. The summed E-state index contributed by atoms with van der Waals surface area (Å²) in [4.78, 5) is 16.6. The molecule has 3 atom stereocenters. The molecule has 2 aromatic heterocycles. The maximum Gasteiger partial charge on any atom is 0.320 e. The van der Waals surface area contributed by atoms with Gasteiger partial charge >= 0.3 is 14.5 Å². The van der Waals surface area contributed by atoms with Gasteiger partial charge in [-0.05, 0) is 48.1 Å². The van der Waals surface area contributed by atoms with Crippen LogP contribution in [0.15, 0.2) is 42.7 Å². The first-order valence-corrected chi connectivity index (χ1v) is 14.9. The van der Waals surface area contributed by atoms with Gasteiger partial charge in [-0.3, -0.25) is 4.79 Å². The van der Waals surface area contributed by atoms with Crippen molar-refractivity contribution in [3.63, 3.8) is 0 Å². The van der Waals surface area contributed by atoms with Crippen molar-refractivity contribution in [3.8, 4) is 5.75 Å². The van der Waals surface area contributed by atoms with Crippen LogP contribution >= 0.6 is 8.53 Å². The van der Waals surface area contributed by atoms with Gasteiger partial charge in [-0.15, -0.1) is 0 Å². The largest absolute Gasteiger partial charge is 0.461 e. The highest BCUT2D eigenvalue weighted by atomic mass is 31.2. The number of benzene rings is 1. The van der Waals surface area contributed by atoms with Crippen molar-refractivity contribution in [2.24, 2.45) is 0 Å². The van der Waals surface area contributed by atoms with Gasteiger partial charge in [0.05, 0.1) is 31.6 Å². The first kappa shape index (κ1) is 28.7. The van der Waals surface area contributed by atoms with Crippen molar-refractivity contribution in [3.05, 3.63) is 54.0 Å². The molecule has 3 N–H and O–H groups in total. The quantitative estimate of drug-likeness (QED) is 0.266. The van der Waals surface area contributed by atoms with Crippen LogP contribution in [0.2, 0.25) is 0 Å². The molecule has 2 aliphatic heterocycles. The van der Waals surface area contributed by atoms with Crippen LogP contribution in [-0.2, 0) is 28.9 Å². The van der Waals surface area contributed by atoms with Crippen LogP contribution in [0.3, 0.4) is 0 Å². The Balaban J connectivity index is 1.19. The van der Waals surface area contributed by atoms with Crippen molar-refractivity contribution in [2.45, 2.75) is 70.2 Å². The zero-order chi connectivity index (χ0) is 28.1. The van der Waals surface area contributed by atoms with E-state index in [4.69, 9.17) is 29.0 Å².